The van der Waals surface area contributed by atoms with Gasteiger partial charge in [-0.15, -0.1) is 0 Å². The third kappa shape index (κ3) is 4.82. The van der Waals surface area contributed by atoms with Crippen molar-refractivity contribution in [2.24, 2.45) is 0 Å². The zero-order chi connectivity index (χ0) is 27.1. The highest BCUT2D eigenvalue weighted by Gasteiger charge is 2.17. The lowest BCUT2D eigenvalue weighted by Gasteiger charge is -2.04. The van der Waals surface area contributed by atoms with Crippen molar-refractivity contribution >= 4 is 72.5 Å². The zero-order valence-corrected chi connectivity index (χ0v) is 22.3. The van der Waals surface area contributed by atoms with Crippen molar-refractivity contribution in [1.82, 2.24) is 29.5 Å². The number of benzene rings is 2. The van der Waals surface area contributed by atoms with E-state index < -0.39 is 23.3 Å². The molecule has 0 fully saturated rings. The molecule has 0 unspecified atom stereocenters. The molecule has 6 rings (SSSR count). The first-order valence-electron chi connectivity index (χ1n) is 10.4. The maximum absolute atomic E-state index is 13.8. The van der Waals surface area contributed by atoms with Crippen LogP contribution in [0, 0.1) is 23.3 Å². The number of para-hydroxylation sites is 2. The molecule has 0 aliphatic rings. The van der Waals surface area contributed by atoms with Crippen LogP contribution in [0.25, 0.3) is 33.2 Å². The number of halogens is 8. The second-order valence-corrected chi connectivity index (χ2v) is 9.53. The molecule has 0 saturated carbocycles. The predicted octanol–water partition coefficient (Wildman–Crippen LogP) is 8.12. The smallest absolute Gasteiger partial charge is 0.169 e. The van der Waals surface area contributed by atoms with Crippen LogP contribution in [0.4, 0.5) is 17.6 Å². The summed E-state index contributed by atoms with van der Waals surface area (Å²) in [7, 11) is 0. The summed E-state index contributed by atoms with van der Waals surface area (Å²) in [6.45, 7) is 0. The minimum absolute atomic E-state index is 0.0133. The van der Waals surface area contributed by atoms with Crippen molar-refractivity contribution in [3.8, 4) is 11.4 Å². The Bertz CT molecular complexity index is 1590. The standard InChI is InChI=1S/C12H5BrClF2N3.C12H5Cl2F2N3/c13-12-6-5-19(18-10(6)9(16)4-17-12)11-7(14)2-1-3-8(11)15;13-7-2-1-3-8(15)11(7)19-5-6-10(18-19)9(16)4-17-12(6)14/h2*1-5H. The summed E-state index contributed by atoms with van der Waals surface area (Å²) in [4.78, 5) is 7.49. The van der Waals surface area contributed by atoms with Gasteiger partial charge in [-0.05, 0) is 40.2 Å². The number of pyridine rings is 2. The van der Waals surface area contributed by atoms with E-state index in [1.807, 2.05) is 0 Å². The largest absolute Gasteiger partial charge is 0.245 e. The van der Waals surface area contributed by atoms with Crippen molar-refractivity contribution in [3.05, 3.63) is 104 Å². The highest BCUT2D eigenvalue weighted by Crippen LogP contribution is 2.29. The summed E-state index contributed by atoms with van der Waals surface area (Å²) in [5.74, 6) is -2.32. The molecular weight excluding hydrogens is 635 g/mol. The predicted molar refractivity (Wildman–Crippen MR) is 140 cm³/mol. The zero-order valence-electron chi connectivity index (χ0n) is 18.5. The van der Waals surface area contributed by atoms with Crippen LogP contribution in [0.5, 0.6) is 0 Å². The van der Waals surface area contributed by atoms with Crippen LogP contribution in [0.2, 0.25) is 15.2 Å². The summed E-state index contributed by atoms with van der Waals surface area (Å²) >= 11 is 20.9. The van der Waals surface area contributed by atoms with E-state index in [2.05, 4.69) is 36.1 Å². The third-order valence-electron chi connectivity index (χ3n) is 5.24. The van der Waals surface area contributed by atoms with Crippen LogP contribution >= 0.6 is 50.7 Å². The van der Waals surface area contributed by atoms with Crippen molar-refractivity contribution in [2.45, 2.75) is 0 Å². The lowest BCUT2D eigenvalue weighted by atomic mass is 10.3. The Labute approximate surface area is 234 Å². The number of hydrogen-bond donors (Lipinski definition) is 0. The van der Waals surface area contributed by atoms with Gasteiger partial charge in [-0.1, -0.05) is 46.9 Å². The van der Waals surface area contributed by atoms with Crippen LogP contribution in [0.15, 0.2) is 65.8 Å². The Morgan fingerprint density at radius 3 is 1.58 bits per heavy atom. The molecule has 0 radical (unpaired) electrons. The number of hydrogen-bond acceptors (Lipinski definition) is 4. The highest BCUT2D eigenvalue weighted by atomic mass is 79.9. The van der Waals surface area contributed by atoms with Gasteiger partial charge in [0, 0.05) is 12.4 Å². The maximum Gasteiger partial charge on any atom is 0.169 e. The van der Waals surface area contributed by atoms with Gasteiger partial charge < -0.3 is 0 Å². The second-order valence-electron chi connectivity index (χ2n) is 7.61. The third-order valence-corrected chi connectivity index (χ3v) is 6.78. The molecule has 0 atom stereocenters. The van der Waals surface area contributed by atoms with E-state index >= 15 is 0 Å². The van der Waals surface area contributed by atoms with E-state index in [9.17, 15) is 17.6 Å². The van der Waals surface area contributed by atoms with Gasteiger partial charge in [0.15, 0.2) is 11.6 Å². The SMILES string of the molecule is Fc1cccc(Cl)c1-n1cc2c(Br)ncc(F)c2n1.Fc1cccc(Cl)c1-n1cc2c(Cl)ncc(F)c2n1. The monoisotopic (exact) mass is 642 g/mol. The first-order chi connectivity index (χ1) is 18.2. The number of rotatable bonds is 2. The molecule has 6 nitrogen and oxygen atoms in total. The molecule has 0 spiro atoms. The molecule has 2 aromatic carbocycles. The van der Waals surface area contributed by atoms with E-state index in [1.165, 1.54) is 53.5 Å². The first kappa shape index (κ1) is 26.4. The molecule has 0 aliphatic carbocycles. The van der Waals surface area contributed by atoms with Gasteiger partial charge in [-0.3, -0.25) is 0 Å². The molecule has 0 aliphatic heterocycles. The molecule has 0 bridgehead atoms. The molecule has 38 heavy (non-hydrogen) atoms. The minimum atomic E-state index is -0.634. The van der Waals surface area contributed by atoms with Crippen LogP contribution in [-0.2, 0) is 0 Å². The van der Waals surface area contributed by atoms with E-state index in [1.54, 1.807) is 0 Å². The van der Waals surface area contributed by atoms with E-state index in [0.717, 1.165) is 17.1 Å². The molecule has 4 aromatic heterocycles. The highest BCUT2D eigenvalue weighted by molar-refractivity contribution is 9.10. The Kier molecular flexibility index (Phi) is 7.28. The van der Waals surface area contributed by atoms with Crippen LogP contribution < -0.4 is 0 Å². The van der Waals surface area contributed by atoms with Crippen LogP contribution in [0.3, 0.4) is 0 Å². The summed E-state index contributed by atoms with van der Waals surface area (Å²) in [6, 6.07) is 8.52. The quantitative estimate of drug-likeness (QED) is 0.141. The maximum atomic E-state index is 13.8. The molecule has 0 amide bonds. The van der Waals surface area contributed by atoms with Gasteiger partial charge in [0.05, 0.1) is 33.2 Å². The van der Waals surface area contributed by atoms with Crippen LogP contribution in [-0.4, -0.2) is 29.5 Å². The van der Waals surface area contributed by atoms with Gasteiger partial charge in [0.2, 0.25) is 0 Å². The number of aromatic nitrogens is 6. The fourth-order valence-corrected chi connectivity index (χ4v) is 4.61. The molecule has 4 heterocycles. The van der Waals surface area contributed by atoms with Gasteiger partial charge in [0.1, 0.15) is 43.8 Å². The summed E-state index contributed by atoms with van der Waals surface area (Å²) in [5, 5.41) is 9.16. The van der Waals surface area contributed by atoms with E-state index in [0.29, 0.717) is 15.4 Å². The van der Waals surface area contributed by atoms with Gasteiger partial charge in [-0.25, -0.2) is 36.9 Å². The topological polar surface area (TPSA) is 61.4 Å². The van der Waals surface area contributed by atoms with Gasteiger partial charge in [0.25, 0.3) is 0 Å². The average molecular weight is 645 g/mol. The normalized spacial score (nSPS) is 11.2. The molecule has 6 aromatic rings. The molecule has 0 N–H and O–H groups in total. The molecule has 192 valence electrons. The molecule has 14 heteroatoms. The lowest BCUT2D eigenvalue weighted by Crippen LogP contribution is -1.99. The number of fused-ring (bicyclic) bond motifs is 2. The first-order valence-corrected chi connectivity index (χ1v) is 12.4. The number of nitrogens with zero attached hydrogens (tertiary/aromatic N) is 6. The van der Waals surface area contributed by atoms with Crippen molar-refractivity contribution in [1.29, 1.82) is 0 Å². The summed E-state index contributed by atoms with van der Waals surface area (Å²) < 4.78 is 57.6. The fourth-order valence-electron chi connectivity index (χ4n) is 3.54. The Morgan fingerprint density at radius 1 is 0.632 bits per heavy atom. The summed E-state index contributed by atoms with van der Waals surface area (Å²) in [5.41, 5.74) is 0.225. The lowest BCUT2D eigenvalue weighted by molar-refractivity contribution is 0.608. The van der Waals surface area contributed by atoms with Crippen LogP contribution in [0.1, 0.15) is 0 Å². The fraction of sp³-hybridized carbons (Fsp3) is 0. The Balaban J connectivity index is 0.000000155. The minimum Gasteiger partial charge on any atom is -0.245 e. The van der Waals surface area contributed by atoms with Gasteiger partial charge >= 0.3 is 0 Å². The Hall–Kier alpha value is -3.25. The van der Waals surface area contributed by atoms with Crippen molar-refractivity contribution in [3.63, 3.8) is 0 Å². The van der Waals surface area contributed by atoms with Gasteiger partial charge in [-0.2, -0.15) is 10.2 Å². The van der Waals surface area contributed by atoms with E-state index in [-0.39, 0.29) is 37.6 Å². The molecule has 0 saturated heterocycles. The second kappa shape index (κ2) is 10.5. The Morgan fingerprint density at radius 2 is 1.11 bits per heavy atom. The van der Waals surface area contributed by atoms with Crippen molar-refractivity contribution < 1.29 is 17.6 Å². The summed E-state index contributed by atoms with van der Waals surface area (Å²) in [6.07, 6.45) is 4.87. The average Bonchev–Trinajstić information content (AvgIpc) is 3.51. The molecular formula is C24H10BrCl3F4N6. The van der Waals surface area contributed by atoms with E-state index in [4.69, 9.17) is 34.8 Å². The van der Waals surface area contributed by atoms with Crippen molar-refractivity contribution in [2.75, 3.05) is 0 Å².